The largest absolute Gasteiger partial charge is 0.252 e. The Morgan fingerprint density at radius 1 is 1.47 bits per heavy atom. The summed E-state index contributed by atoms with van der Waals surface area (Å²) in [4.78, 5) is 11.0. The maximum atomic E-state index is 8.18. The Morgan fingerprint density at radius 2 is 2.27 bits per heavy atom. The van der Waals surface area contributed by atoms with Crippen LogP contribution in [-0.4, -0.2) is 19.6 Å². The number of aromatic nitrogens is 4. The lowest BCUT2D eigenvalue weighted by molar-refractivity contribution is 0.835. The smallest absolute Gasteiger partial charge is 0.216 e. The highest BCUT2D eigenvalue weighted by molar-refractivity contribution is 5.30. The van der Waals surface area contributed by atoms with E-state index in [0.717, 1.165) is 11.4 Å². The van der Waals surface area contributed by atoms with Crippen molar-refractivity contribution in [3.8, 4) is 0 Å². The van der Waals surface area contributed by atoms with E-state index in [1.165, 1.54) is 0 Å². The van der Waals surface area contributed by atoms with Crippen LogP contribution in [0, 0.1) is 13.8 Å². The van der Waals surface area contributed by atoms with Crippen LogP contribution in [0.5, 0.6) is 0 Å². The average Bonchev–Trinajstić information content (AvgIpc) is 2.57. The molecule has 2 heterocycles. The first-order chi connectivity index (χ1) is 7.20. The summed E-state index contributed by atoms with van der Waals surface area (Å²) in [5.41, 5.74) is 10.0. The normalized spacial score (nSPS) is 10.3. The van der Waals surface area contributed by atoms with Crippen LogP contribution in [0.2, 0.25) is 0 Å². The van der Waals surface area contributed by atoms with Crippen molar-refractivity contribution >= 4 is 5.78 Å². The number of hydrogen-bond donors (Lipinski definition) is 0. The summed E-state index contributed by atoms with van der Waals surface area (Å²) in [5, 5.41) is 7.57. The lowest BCUT2D eigenvalue weighted by atomic mass is 10.4. The molecule has 0 saturated carbocycles. The Bertz CT molecular complexity index is 549. The standard InChI is InChI=1S/C8H9N7/c1-5-3-6(2)15-8(11-5)12-7(13-15)4-10-14-9/h3H,4H2,1-2H3. The molecule has 0 unspecified atom stereocenters. The van der Waals surface area contributed by atoms with Crippen LogP contribution in [0.25, 0.3) is 16.2 Å². The van der Waals surface area contributed by atoms with Crippen LogP contribution in [0.1, 0.15) is 17.2 Å². The van der Waals surface area contributed by atoms with Crippen molar-refractivity contribution in [2.45, 2.75) is 20.4 Å². The van der Waals surface area contributed by atoms with E-state index in [9.17, 15) is 0 Å². The molecular weight excluding hydrogens is 194 g/mol. The fourth-order valence-electron chi connectivity index (χ4n) is 1.37. The fraction of sp³-hybridized carbons (Fsp3) is 0.375. The van der Waals surface area contributed by atoms with Gasteiger partial charge >= 0.3 is 0 Å². The molecule has 0 radical (unpaired) electrons. The molecule has 0 aliphatic carbocycles. The van der Waals surface area contributed by atoms with Crippen LogP contribution < -0.4 is 0 Å². The number of azide groups is 1. The molecule has 0 aliphatic rings. The lowest BCUT2D eigenvalue weighted by Crippen LogP contribution is -1.97. The fourth-order valence-corrected chi connectivity index (χ4v) is 1.37. The first-order valence-electron chi connectivity index (χ1n) is 4.41. The van der Waals surface area contributed by atoms with Crippen LogP contribution in [0.3, 0.4) is 0 Å². The van der Waals surface area contributed by atoms with Crippen molar-refractivity contribution in [2.24, 2.45) is 5.11 Å². The van der Waals surface area contributed by atoms with E-state index in [0.29, 0.717) is 11.6 Å². The highest BCUT2D eigenvalue weighted by Crippen LogP contribution is 2.05. The molecule has 0 aliphatic heterocycles. The molecule has 2 aromatic heterocycles. The third-order valence-electron chi connectivity index (χ3n) is 1.94. The van der Waals surface area contributed by atoms with Gasteiger partial charge in [0.1, 0.15) is 0 Å². The van der Waals surface area contributed by atoms with E-state index in [1.807, 2.05) is 19.9 Å². The number of hydrogen-bond acceptors (Lipinski definition) is 4. The molecule has 2 aromatic rings. The van der Waals surface area contributed by atoms with Gasteiger partial charge < -0.3 is 0 Å². The molecule has 0 N–H and O–H groups in total. The number of rotatable bonds is 2. The second-order valence-corrected chi connectivity index (χ2v) is 3.17. The molecule has 2 rings (SSSR count). The van der Waals surface area contributed by atoms with Crippen LogP contribution in [-0.2, 0) is 6.54 Å². The van der Waals surface area contributed by atoms with Crippen molar-refractivity contribution < 1.29 is 0 Å². The maximum absolute atomic E-state index is 8.18. The SMILES string of the molecule is Cc1cc(C)n2nc(CN=[N+]=[N-])nc2n1. The monoisotopic (exact) mass is 203 g/mol. The third-order valence-corrected chi connectivity index (χ3v) is 1.94. The zero-order valence-electron chi connectivity index (χ0n) is 8.41. The van der Waals surface area contributed by atoms with Crippen molar-refractivity contribution in [3.63, 3.8) is 0 Å². The summed E-state index contributed by atoms with van der Waals surface area (Å²) in [6.45, 7) is 3.97. The molecule has 15 heavy (non-hydrogen) atoms. The van der Waals surface area contributed by atoms with Crippen LogP contribution in [0.4, 0.5) is 0 Å². The Hall–Kier alpha value is -2.14. The van der Waals surface area contributed by atoms with E-state index < -0.39 is 0 Å². The van der Waals surface area contributed by atoms with Crippen molar-refractivity contribution in [3.05, 3.63) is 33.7 Å². The van der Waals surface area contributed by atoms with Gasteiger partial charge in [-0.05, 0) is 25.4 Å². The van der Waals surface area contributed by atoms with Gasteiger partial charge in [0.15, 0.2) is 5.82 Å². The van der Waals surface area contributed by atoms with E-state index in [-0.39, 0.29) is 6.54 Å². The zero-order chi connectivity index (χ0) is 10.8. The minimum Gasteiger partial charge on any atom is -0.216 e. The Kier molecular flexibility index (Phi) is 2.23. The molecule has 0 spiro atoms. The van der Waals surface area contributed by atoms with Crippen molar-refractivity contribution in [1.82, 2.24) is 19.6 Å². The molecule has 0 aromatic carbocycles. The third kappa shape index (κ3) is 1.72. The lowest BCUT2D eigenvalue weighted by Gasteiger charge is -1.97. The van der Waals surface area contributed by atoms with Gasteiger partial charge in [-0.1, -0.05) is 5.11 Å². The van der Waals surface area contributed by atoms with Gasteiger partial charge in [-0.2, -0.15) is 4.98 Å². The quantitative estimate of drug-likeness (QED) is 0.421. The van der Waals surface area contributed by atoms with Crippen LogP contribution in [0.15, 0.2) is 11.2 Å². The minimum atomic E-state index is 0.151. The highest BCUT2D eigenvalue weighted by atomic mass is 15.3. The highest BCUT2D eigenvalue weighted by Gasteiger charge is 2.06. The number of nitrogens with zero attached hydrogens (tertiary/aromatic N) is 7. The molecular formula is C8H9N7. The second kappa shape index (κ2) is 3.55. The van der Waals surface area contributed by atoms with Gasteiger partial charge in [-0.3, -0.25) is 0 Å². The maximum Gasteiger partial charge on any atom is 0.252 e. The van der Waals surface area contributed by atoms with Crippen molar-refractivity contribution in [1.29, 1.82) is 0 Å². The van der Waals surface area contributed by atoms with E-state index in [2.05, 4.69) is 25.1 Å². The molecule has 0 amide bonds. The summed E-state index contributed by atoms with van der Waals surface area (Å²) in [6.07, 6.45) is 0. The van der Waals surface area contributed by atoms with Gasteiger partial charge in [-0.25, -0.2) is 9.50 Å². The first-order valence-corrected chi connectivity index (χ1v) is 4.41. The molecule has 0 atom stereocenters. The molecule has 76 valence electrons. The van der Waals surface area contributed by atoms with Gasteiger partial charge in [0.05, 0.1) is 6.54 Å². The van der Waals surface area contributed by atoms with Crippen LogP contribution >= 0.6 is 0 Å². The summed E-state index contributed by atoms with van der Waals surface area (Å²) in [5.74, 6) is 1.02. The zero-order valence-corrected chi connectivity index (χ0v) is 8.41. The number of aryl methyl sites for hydroxylation is 2. The van der Waals surface area contributed by atoms with Gasteiger partial charge in [0.2, 0.25) is 0 Å². The molecule has 0 bridgehead atoms. The van der Waals surface area contributed by atoms with Gasteiger partial charge in [0, 0.05) is 16.3 Å². The van der Waals surface area contributed by atoms with E-state index >= 15 is 0 Å². The van der Waals surface area contributed by atoms with Gasteiger partial charge in [-0.15, -0.1) is 5.10 Å². The molecule has 7 nitrogen and oxygen atoms in total. The first kappa shape index (κ1) is 9.42. The Balaban J connectivity index is 2.55. The summed E-state index contributed by atoms with van der Waals surface area (Å²) >= 11 is 0. The summed E-state index contributed by atoms with van der Waals surface area (Å²) in [6, 6.07) is 1.92. The Labute approximate surface area is 85.4 Å². The van der Waals surface area contributed by atoms with Crippen molar-refractivity contribution in [2.75, 3.05) is 0 Å². The molecule has 0 fully saturated rings. The molecule has 0 saturated heterocycles. The second-order valence-electron chi connectivity index (χ2n) is 3.17. The van der Waals surface area contributed by atoms with E-state index in [1.54, 1.807) is 4.52 Å². The van der Waals surface area contributed by atoms with Gasteiger partial charge in [0.25, 0.3) is 5.78 Å². The molecule has 7 heteroatoms. The number of fused-ring (bicyclic) bond motifs is 1. The van der Waals surface area contributed by atoms with E-state index in [4.69, 9.17) is 5.53 Å². The topological polar surface area (TPSA) is 91.8 Å². The Morgan fingerprint density at radius 3 is 3.00 bits per heavy atom. The summed E-state index contributed by atoms with van der Waals surface area (Å²) in [7, 11) is 0. The minimum absolute atomic E-state index is 0.151. The predicted octanol–water partition coefficient (Wildman–Crippen LogP) is 1.55. The predicted molar refractivity (Wildman–Crippen MR) is 53.1 cm³/mol. The summed E-state index contributed by atoms with van der Waals surface area (Å²) < 4.78 is 1.63. The average molecular weight is 203 g/mol.